The lowest BCUT2D eigenvalue weighted by Crippen LogP contribution is -2.26. The number of aryl methyl sites for hydroxylation is 1. The Kier molecular flexibility index (Phi) is 30.6. The van der Waals surface area contributed by atoms with Crippen molar-refractivity contribution >= 4 is 103 Å². The van der Waals surface area contributed by atoms with Crippen molar-refractivity contribution < 1.29 is 54.9 Å². The number of anilines is 6. The standard InChI is InChI=1S/C31H42N4O3.C25H20N2O4.C20H19N3O.C19H16N2O3/c1-4-7-16-32-29-23-31(38)25(21-24-8-12-27(13-9-24)34(5-2)17-19-36)22-30(29)33-26-10-14-28(15-11-26)35(6-3)18-20-37;28-20-7-1-16(2-8-20)13-17-14-23(26-18-3-9-21(29)10-4-18)24(15-25(17)31)27-19-5-11-22(30)12-6-19;1-13-2-4-14(5-3-13)10-15-11-19(18(22)12-20(15)24)23-17-8-6-16(21)7-9-17;20-17-11-19(24)13(9-12-1-5-15(22)6-2-12)10-18(17)21-14-3-7-16(23)8-4-14/h8-15,22-23,32,36-37H,4-7,16-21H2,1-3H3;1-12,14-15,26,28-29,31H,13H2;2-9,11-12H,10,21-22H2,1H3;1-8,10-11,22,24H,9,20H2. The maximum Gasteiger partial charge on any atom is 0.184 e. The molecule has 9 aromatic rings. The van der Waals surface area contributed by atoms with E-state index in [1.165, 1.54) is 42.0 Å². The molecule has 0 saturated carbocycles. The number of aliphatic imine (C=N–C) groups is 4. The van der Waals surface area contributed by atoms with E-state index in [-0.39, 0.29) is 65.1 Å². The molecular weight excluding hydrogens is 1470 g/mol. The highest BCUT2D eigenvalue weighted by molar-refractivity contribution is 6.23. The average Bonchev–Trinajstić information content (AvgIpc) is 0.853. The van der Waals surface area contributed by atoms with Crippen LogP contribution in [0.2, 0.25) is 0 Å². The van der Waals surface area contributed by atoms with Gasteiger partial charge in [0, 0.05) is 128 Å². The molecule has 13 rings (SSSR count). The van der Waals surface area contributed by atoms with Gasteiger partial charge in [-0.3, -0.25) is 19.2 Å². The second-order valence-corrected chi connectivity index (χ2v) is 27.8. The number of aliphatic hydroxyl groups is 2. The molecule has 4 aliphatic carbocycles. The fourth-order valence-corrected chi connectivity index (χ4v) is 12.5. The van der Waals surface area contributed by atoms with Crippen LogP contribution in [0.3, 0.4) is 0 Å². The number of hydrogen-bond acceptors (Lipinski definition) is 22. The summed E-state index contributed by atoms with van der Waals surface area (Å²) in [6.45, 7) is 12.1. The van der Waals surface area contributed by atoms with Gasteiger partial charge in [-0.2, -0.15) is 0 Å². The Bertz CT molecular complexity index is 5370. The Hall–Kier alpha value is -14.2. The van der Waals surface area contributed by atoms with Crippen LogP contribution >= 0.6 is 0 Å². The number of nitrogen functional groups attached to an aromatic ring is 2. The molecule has 0 aromatic heterocycles. The van der Waals surface area contributed by atoms with Gasteiger partial charge in [-0.1, -0.05) is 79.6 Å². The molecule has 4 aliphatic rings. The van der Waals surface area contributed by atoms with Gasteiger partial charge in [0.25, 0.3) is 0 Å². The van der Waals surface area contributed by atoms with E-state index in [1.807, 2.05) is 104 Å². The van der Waals surface area contributed by atoms with Crippen molar-refractivity contribution in [3.8, 4) is 28.7 Å². The number of ketones is 4. The summed E-state index contributed by atoms with van der Waals surface area (Å²) in [7, 11) is 0. The van der Waals surface area contributed by atoms with Gasteiger partial charge in [0.15, 0.2) is 23.1 Å². The summed E-state index contributed by atoms with van der Waals surface area (Å²) in [5, 5.41) is 74.4. The number of nitrogens with two attached hydrogens (primary N) is 3. The number of aromatic hydroxyl groups is 5. The molecule has 22 nitrogen and oxygen atoms in total. The van der Waals surface area contributed by atoms with Crippen LogP contribution in [-0.4, -0.2) is 128 Å². The van der Waals surface area contributed by atoms with Gasteiger partial charge in [-0.25, -0.2) is 20.0 Å². The number of allylic oxidation sites excluding steroid dienone is 14. The molecule has 0 saturated heterocycles. The number of unbranched alkanes of at least 4 members (excludes halogenated alkanes) is 1. The zero-order valence-electron chi connectivity index (χ0n) is 65.8. The highest BCUT2D eigenvalue weighted by Gasteiger charge is 2.22. The summed E-state index contributed by atoms with van der Waals surface area (Å²) in [6, 6.07) is 58.3. The van der Waals surface area contributed by atoms with Crippen molar-refractivity contribution in [1.29, 1.82) is 0 Å². The molecule has 0 atom stereocenters. The Morgan fingerprint density at radius 3 is 1.36 bits per heavy atom. The van der Waals surface area contributed by atoms with E-state index in [0.717, 1.165) is 94.6 Å². The smallest absolute Gasteiger partial charge is 0.184 e. The first-order valence-electron chi connectivity index (χ1n) is 38.5. The molecular formula is C95H97N11O11. The molecule has 15 N–H and O–H groups in total. The quantitative estimate of drug-likeness (QED) is 0.0104. The van der Waals surface area contributed by atoms with E-state index in [1.54, 1.807) is 134 Å². The van der Waals surface area contributed by atoms with Crippen molar-refractivity contribution in [3.05, 3.63) is 329 Å². The normalized spacial score (nSPS) is 14.1. The van der Waals surface area contributed by atoms with Crippen LogP contribution in [0.1, 0.15) is 72.6 Å². The van der Waals surface area contributed by atoms with Crippen molar-refractivity contribution in [2.75, 3.05) is 72.5 Å². The first kappa shape index (κ1) is 85.2. The van der Waals surface area contributed by atoms with E-state index in [2.05, 4.69) is 56.2 Å². The molecule has 598 valence electrons. The topological polar surface area (TPSA) is 368 Å². The number of phenols is 5. The predicted octanol–water partition coefficient (Wildman–Crippen LogP) is 15.6. The molecule has 22 heteroatoms. The van der Waals surface area contributed by atoms with Crippen molar-refractivity contribution in [2.24, 2.45) is 25.7 Å². The lowest BCUT2D eigenvalue weighted by atomic mass is 9.94. The first-order valence-corrected chi connectivity index (χ1v) is 38.5. The molecule has 0 aliphatic heterocycles. The van der Waals surface area contributed by atoms with Gasteiger partial charge in [0.1, 0.15) is 28.7 Å². The number of nitrogens with zero attached hydrogens (tertiary/aromatic N) is 6. The number of aliphatic hydroxyl groups excluding tert-OH is 2. The highest BCUT2D eigenvalue weighted by atomic mass is 16.3. The minimum atomic E-state index is -0.103. The number of benzene rings is 9. The minimum absolute atomic E-state index is 0.000397. The summed E-state index contributed by atoms with van der Waals surface area (Å²) in [4.78, 5) is 70.5. The van der Waals surface area contributed by atoms with E-state index < -0.39 is 0 Å². The fraction of sp³-hybridized carbons (Fsp3) is 0.179. The zero-order chi connectivity index (χ0) is 83.3. The largest absolute Gasteiger partial charge is 0.508 e. The Balaban J connectivity index is 0.000000167. The molecule has 0 spiro atoms. The van der Waals surface area contributed by atoms with Gasteiger partial charge in [0.2, 0.25) is 0 Å². The third kappa shape index (κ3) is 25.6. The number of carbonyl (C=O) groups is 4. The van der Waals surface area contributed by atoms with E-state index in [0.29, 0.717) is 112 Å². The third-order valence-electron chi connectivity index (χ3n) is 19.0. The third-order valence-corrected chi connectivity index (χ3v) is 19.0. The lowest BCUT2D eigenvalue weighted by molar-refractivity contribution is -0.112. The monoisotopic (exact) mass is 1570 g/mol. The number of nitrogens with one attached hydrogen (secondary N) is 2. The number of phenolic OH excluding ortho intramolecular Hbond substituents is 5. The maximum atomic E-state index is 13.1. The minimum Gasteiger partial charge on any atom is -0.508 e. The van der Waals surface area contributed by atoms with Gasteiger partial charge in [0.05, 0.1) is 81.6 Å². The molecule has 117 heavy (non-hydrogen) atoms. The summed E-state index contributed by atoms with van der Waals surface area (Å²) in [5.74, 6) is 0.461. The van der Waals surface area contributed by atoms with Crippen LogP contribution in [0.15, 0.2) is 310 Å². The maximum absolute atomic E-state index is 13.1. The van der Waals surface area contributed by atoms with Gasteiger partial charge < -0.3 is 73.4 Å². The molecule has 0 radical (unpaired) electrons. The number of carbonyl (C=O) groups excluding carboxylic acids is 4. The SMILES string of the molecule is CCCCNC1=CC(=O)C(Cc2ccc(N(CC)CCO)cc2)=CC1=Nc1ccc(N(CC)CCO)cc1.Cc1ccc(CC2=CC(=Nc3ccc(N)cc3)C(N)=CC2=O)cc1.Nc1cc(O)c(Cc2ccc(O)cc2)cc1N=C1C=CC(=O)C=C1.O=C1C=CC(=Nc2cc(O)c(Cc3ccc(O)cc3)cc2Nc2ccc(O)cc2)C=C1. The Labute approximate surface area is 681 Å². The fourth-order valence-electron chi connectivity index (χ4n) is 12.5. The first-order chi connectivity index (χ1) is 56.5. The predicted molar refractivity (Wildman–Crippen MR) is 471 cm³/mol. The Morgan fingerprint density at radius 2 is 0.855 bits per heavy atom. The van der Waals surface area contributed by atoms with Crippen molar-refractivity contribution in [1.82, 2.24) is 5.32 Å². The van der Waals surface area contributed by atoms with E-state index >= 15 is 0 Å². The number of rotatable bonds is 26. The number of likely N-dealkylation sites (N-methyl/N-ethyl adjacent to an activating group) is 2. The molecule has 0 fully saturated rings. The van der Waals surface area contributed by atoms with Crippen LogP contribution in [0.25, 0.3) is 0 Å². The second kappa shape index (κ2) is 42.1. The van der Waals surface area contributed by atoms with Crippen molar-refractivity contribution in [3.63, 3.8) is 0 Å². The zero-order valence-corrected chi connectivity index (χ0v) is 65.8. The van der Waals surface area contributed by atoms with E-state index in [9.17, 15) is 54.9 Å². The molecule has 0 unspecified atom stereocenters. The van der Waals surface area contributed by atoms with Crippen molar-refractivity contribution in [2.45, 2.75) is 66.2 Å². The summed E-state index contributed by atoms with van der Waals surface area (Å²) >= 11 is 0. The second-order valence-electron chi connectivity index (χ2n) is 27.8. The molecule has 0 heterocycles. The van der Waals surface area contributed by atoms with Gasteiger partial charge in [-0.05, 0) is 232 Å². The Morgan fingerprint density at radius 1 is 0.427 bits per heavy atom. The van der Waals surface area contributed by atoms with Crippen LogP contribution in [-0.2, 0) is 44.9 Å². The van der Waals surface area contributed by atoms with Crippen LogP contribution in [0, 0.1) is 6.92 Å². The van der Waals surface area contributed by atoms with Crippen LogP contribution < -0.4 is 37.6 Å². The highest BCUT2D eigenvalue weighted by Crippen LogP contribution is 2.38. The summed E-state index contributed by atoms with van der Waals surface area (Å²) in [6.07, 6.45) is 23.1. The van der Waals surface area contributed by atoms with Crippen LogP contribution in [0.5, 0.6) is 28.7 Å². The molecule has 9 aromatic carbocycles. The van der Waals surface area contributed by atoms with Crippen LogP contribution in [0.4, 0.5) is 56.9 Å². The average molecular weight is 1570 g/mol. The molecule has 0 bridgehead atoms. The van der Waals surface area contributed by atoms with E-state index in [4.69, 9.17) is 22.2 Å². The summed E-state index contributed by atoms with van der Waals surface area (Å²) in [5.41, 5.74) is 36.3. The number of hydrogen-bond donors (Lipinski definition) is 12. The van der Waals surface area contributed by atoms with Gasteiger partial charge >= 0.3 is 0 Å². The summed E-state index contributed by atoms with van der Waals surface area (Å²) < 4.78 is 0. The van der Waals surface area contributed by atoms with Gasteiger partial charge in [-0.15, -0.1) is 0 Å². The molecule has 0 amide bonds. The lowest BCUT2D eigenvalue weighted by Gasteiger charge is -2.22.